The highest BCUT2D eigenvalue weighted by Gasteiger charge is 2.19. The van der Waals surface area contributed by atoms with Crippen LogP contribution in [0.5, 0.6) is 0 Å². The minimum Gasteiger partial charge on any atom is -0.387 e. The van der Waals surface area contributed by atoms with Crippen molar-refractivity contribution in [2.75, 3.05) is 13.2 Å². The summed E-state index contributed by atoms with van der Waals surface area (Å²) in [5, 5.41) is 0. The Morgan fingerprint density at radius 2 is 2.15 bits per heavy atom. The van der Waals surface area contributed by atoms with E-state index < -0.39 is 0 Å². The summed E-state index contributed by atoms with van der Waals surface area (Å²) < 4.78 is 5.30. The molecular formula is C10H20N2O. The number of hydrogen-bond donors (Lipinski definition) is 1. The van der Waals surface area contributed by atoms with Crippen LogP contribution in [0.3, 0.4) is 0 Å². The Kier molecular flexibility index (Phi) is 4.22. The number of hydrogen-bond acceptors (Lipinski definition) is 2. The Morgan fingerprint density at radius 1 is 1.54 bits per heavy atom. The van der Waals surface area contributed by atoms with Crippen LogP contribution in [0.1, 0.15) is 33.1 Å². The van der Waals surface area contributed by atoms with Gasteiger partial charge in [0.15, 0.2) is 0 Å². The first-order chi connectivity index (χ1) is 6.24. The zero-order chi connectivity index (χ0) is 9.68. The van der Waals surface area contributed by atoms with Crippen molar-refractivity contribution in [2.45, 2.75) is 39.2 Å². The Hall–Kier alpha value is -0.570. The molecular weight excluding hydrogens is 164 g/mol. The molecule has 1 saturated heterocycles. The van der Waals surface area contributed by atoms with Crippen LogP contribution in [0.2, 0.25) is 0 Å². The summed E-state index contributed by atoms with van der Waals surface area (Å²) in [5.74, 6) is 1.44. The van der Waals surface area contributed by atoms with Gasteiger partial charge in [-0.05, 0) is 25.7 Å². The molecule has 0 aliphatic carbocycles. The molecule has 0 amide bonds. The summed E-state index contributed by atoms with van der Waals surface area (Å²) >= 11 is 0. The fourth-order valence-electron chi connectivity index (χ4n) is 1.66. The second kappa shape index (κ2) is 5.22. The van der Waals surface area contributed by atoms with Gasteiger partial charge in [0.1, 0.15) is 0 Å². The Labute approximate surface area is 80.4 Å². The van der Waals surface area contributed by atoms with Crippen LogP contribution in [-0.4, -0.2) is 25.1 Å². The third-order valence-corrected chi connectivity index (χ3v) is 2.68. The van der Waals surface area contributed by atoms with Gasteiger partial charge >= 0.3 is 0 Å². The molecule has 1 rings (SSSR count). The number of amidine groups is 1. The largest absolute Gasteiger partial charge is 0.387 e. The number of ether oxygens (including phenoxy) is 1. The highest BCUT2D eigenvalue weighted by molar-refractivity contribution is 5.80. The van der Waals surface area contributed by atoms with Crippen LogP contribution in [0.15, 0.2) is 4.99 Å². The molecule has 1 unspecified atom stereocenters. The average Bonchev–Trinajstić information content (AvgIpc) is 2.19. The van der Waals surface area contributed by atoms with Crippen molar-refractivity contribution < 1.29 is 4.74 Å². The molecule has 76 valence electrons. The molecule has 1 atom stereocenters. The van der Waals surface area contributed by atoms with Crippen molar-refractivity contribution in [1.29, 1.82) is 0 Å². The molecule has 1 aliphatic heterocycles. The van der Waals surface area contributed by atoms with E-state index in [2.05, 4.69) is 11.9 Å². The first-order valence-corrected chi connectivity index (χ1v) is 5.14. The predicted molar refractivity (Wildman–Crippen MR) is 54.9 cm³/mol. The summed E-state index contributed by atoms with van der Waals surface area (Å²) in [6.07, 6.45) is 3.11. The van der Waals surface area contributed by atoms with Crippen molar-refractivity contribution in [3.05, 3.63) is 0 Å². The van der Waals surface area contributed by atoms with Gasteiger partial charge in [-0.2, -0.15) is 0 Å². The summed E-state index contributed by atoms with van der Waals surface area (Å²) in [7, 11) is 0. The molecule has 1 aliphatic rings. The number of nitrogens with zero attached hydrogens (tertiary/aromatic N) is 1. The second-order valence-electron chi connectivity index (χ2n) is 3.66. The summed E-state index contributed by atoms with van der Waals surface area (Å²) in [6.45, 7) is 5.96. The van der Waals surface area contributed by atoms with E-state index in [0.717, 1.165) is 38.3 Å². The van der Waals surface area contributed by atoms with Gasteiger partial charge in [0.2, 0.25) is 0 Å². The molecule has 0 aromatic rings. The lowest BCUT2D eigenvalue weighted by atomic mass is 9.93. The van der Waals surface area contributed by atoms with Crippen molar-refractivity contribution >= 4 is 5.84 Å². The van der Waals surface area contributed by atoms with Crippen LogP contribution in [0, 0.1) is 5.92 Å². The quantitative estimate of drug-likeness (QED) is 0.534. The molecule has 1 fully saturated rings. The average molecular weight is 184 g/mol. The minimum absolute atomic E-state index is 0.365. The Morgan fingerprint density at radius 3 is 2.69 bits per heavy atom. The Balaban J connectivity index is 2.41. The van der Waals surface area contributed by atoms with Crippen LogP contribution in [0.4, 0.5) is 0 Å². The van der Waals surface area contributed by atoms with E-state index in [1.54, 1.807) is 0 Å². The van der Waals surface area contributed by atoms with E-state index in [1.807, 2.05) is 6.92 Å². The molecule has 0 aromatic carbocycles. The van der Waals surface area contributed by atoms with Crippen LogP contribution < -0.4 is 5.73 Å². The van der Waals surface area contributed by atoms with E-state index in [0.29, 0.717) is 12.0 Å². The van der Waals surface area contributed by atoms with Gasteiger partial charge < -0.3 is 10.5 Å². The van der Waals surface area contributed by atoms with E-state index in [-0.39, 0.29) is 0 Å². The normalized spacial score (nSPS) is 23.1. The second-order valence-corrected chi connectivity index (χ2v) is 3.66. The molecule has 1 heterocycles. The van der Waals surface area contributed by atoms with Crippen LogP contribution >= 0.6 is 0 Å². The predicted octanol–water partition coefficient (Wildman–Crippen LogP) is 1.57. The van der Waals surface area contributed by atoms with E-state index in [1.165, 1.54) is 0 Å². The molecule has 0 spiro atoms. The van der Waals surface area contributed by atoms with E-state index in [9.17, 15) is 0 Å². The third-order valence-electron chi connectivity index (χ3n) is 2.68. The van der Waals surface area contributed by atoms with Gasteiger partial charge in [0.05, 0.1) is 11.9 Å². The smallest absolute Gasteiger partial charge is 0.0937 e. The maximum absolute atomic E-state index is 5.70. The minimum atomic E-state index is 0.365. The molecule has 3 nitrogen and oxygen atoms in total. The number of aliphatic imine (C=N–C) groups is 1. The fraction of sp³-hybridized carbons (Fsp3) is 0.900. The maximum Gasteiger partial charge on any atom is 0.0937 e. The number of rotatable bonds is 3. The lowest BCUT2D eigenvalue weighted by molar-refractivity contribution is 0.0605. The van der Waals surface area contributed by atoms with Crippen molar-refractivity contribution in [3.8, 4) is 0 Å². The number of nitrogens with two attached hydrogens (primary N) is 1. The van der Waals surface area contributed by atoms with Gasteiger partial charge in [-0.3, -0.25) is 4.99 Å². The fourth-order valence-corrected chi connectivity index (χ4v) is 1.66. The molecule has 3 heteroatoms. The van der Waals surface area contributed by atoms with Crippen LogP contribution in [0.25, 0.3) is 0 Å². The Bertz CT molecular complexity index is 174. The first-order valence-electron chi connectivity index (χ1n) is 5.14. The SMILES string of the molecule is CCC(N)=NC(C)C1CCOCC1. The summed E-state index contributed by atoms with van der Waals surface area (Å²) in [6, 6.07) is 0.365. The van der Waals surface area contributed by atoms with E-state index in [4.69, 9.17) is 10.5 Å². The third kappa shape index (κ3) is 3.35. The molecule has 13 heavy (non-hydrogen) atoms. The lowest BCUT2D eigenvalue weighted by Crippen LogP contribution is -2.26. The highest BCUT2D eigenvalue weighted by Crippen LogP contribution is 2.20. The highest BCUT2D eigenvalue weighted by atomic mass is 16.5. The monoisotopic (exact) mass is 184 g/mol. The molecule has 0 saturated carbocycles. The standard InChI is InChI=1S/C10H20N2O/c1-3-10(11)12-8(2)9-4-6-13-7-5-9/h8-9H,3-7H2,1-2H3,(H2,11,12). The van der Waals surface area contributed by atoms with E-state index >= 15 is 0 Å². The lowest BCUT2D eigenvalue weighted by Gasteiger charge is -2.25. The van der Waals surface area contributed by atoms with Crippen molar-refractivity contribution in [1.82, 2.24) is 0 Å². The maximum atomic E-state index is 5.70. The molecule has 0 radical (unpaired) electrons. The van der Waals surface area contributed by atoms with Gasteiger partial charge in [-0.1, -0.05) is 6.92 Å². The topological polar surface area (TPSA) is 47.6 Å². The summed E-state index contributed by atoms with van der Waals surface area (Å²) in [4.78, 5) is 4.46. The van der Waals surface area contributed by atoms with Gasteiger partial charge in [-0.15, -0.1) is 0 Å². The zero-order valence-electron chi connectivity index (χ0n) is 8.62. The molecule has 0 bridgehead atoms. The summed E-state index contributed by atoms with van der Waals surface area (Å²) in [5.41, 5.74) is 5.70. The molecule has 2 N–H and O–H groups in total. The zero-order valence-corrected chi connectivity index (χ0v) is 8.62. The van der Waals surface area contributed by atoms with Gasteiger partial charge in [0, 0.05) is 19.6 Å². The van der Waals surface area contributed by atoms with Crippen molar-refractivity contribution in [3.63, 3.8) is 0 Å². The molecule has 0 aromatic heterocycles. The van der Waals surface area contributed by atoms with Gasteiger partial charge in [-0.25, -0.2) is 0 Å². The van der Waals surface area contributed by atoms with Gasteiger partial charge in [0.25, 0.3) is 0 Å². The first kappa shape index (κ1) is 10.5. The van der Waals surface area contributed by atoms with Crippen LogP contribution in [-0.2, 0) is 4.74 Å². The van der Waals surface area contributed by atoms with Crippen molar-refractivity contribution in [2.24, 2.45) is 16.6 Å².